The Hall–Kier alpha value is -1.96. The van der Waals surface area contributed by atoms with Crippen molar-refractivity contribution < 1.29 is 27.5 Å². The zero-order chi connectivity index (χ0) is 13.9. The average molecular weight is 275 g/mol. The molecule has 1 amide bonds. The van der Waals surface area contributed by atoms with Crippen molar-refractivity contribution in [2.24, 2.45) is 5.73 Å². The Morgan fingerprint density at radius 1 is 1.33 bits per heavy atom. The van der Waals surface area contributed by atoms with Crippen molar-refractivity contribution in [1.29, 1.82) is 0 Å². The van der Waals surface area contributed by atoms with Crippen LogP contribution in [-0.4, -0.2) is 31.2 Å². The van der Waals surface area contributed by atoms with Crippen LogP contribution in [-0.2, 0) is 20.4 Å². The van der Waals surface area contributed by atoms with Crippen LogP contribution in [0.4, 0.5) is 4.39 Å². The van der Waals surface area contributed by atoms with Gasteiger partial charge in [-0.3, -0.25) is 4.79 Å². The van der Waals surface area contributed by atoms with Gasteiger partial charge in [-0.05, 0) is 17.7 Å². The van der Waals surface area contributed by atoms with Crippen molar-refractivity contribution in [3.8, 4) is 0 Å². The van der Waals surface area contributed by atoms with Crippen LogP contribution in [0.5, 0.6) is 0 Å². The third kappa shape index (κ3) is 3.81. The Labute approximate surface area is 102 Å². The molecule has 0 unspecified atom stereocenters. The fourth-order valence-corrected chi connectivity index (χ4v) is 2.57. The predicted molar refractivity (Wildman–Crippen MR) is 60.0 cm³/mol. The molecular weight excluding hydrogens is 265 g/mol. The number of benzene rings is 1. The van der Waals surface area contributed by atoms with Crippen LogP contribution >= 0.6 is 0 Å². The van der Waals surface area contributed by atoms with Crippen molar-refractivity contribution in [1.82, 2.24) is 0 Å². The average Bonchev–Trinajstić information content (AvgIpc) is 2.13. The Bertz CT molecular complexity index is 596. The van der Waals surface area contributed by atoms with E-state index in [2.05, 4.69) is 0 Å². The number of sulfone groups is 1. The molecule has 0 saturated carbocycles. The summed E-state index contributed by atoms with van der Waals surface area (Å²) in [7, 11) is -3.77. The Kier molecular flexibility index (Phi) is 4.02. The SMILES string of the molecule is NC(=O)CS(=O)(=O)Cc1ccc(C(=O)O)c(F)c1. The van der Waals surface area contributed by atoms with Crippen LogP contribution in [0.15, 0.2) is 18.2 Å². The summed E-state index contributed by atoms with van der Waals surface area (Å²) < 4.78 is 36.1. The first-order valence-electron chi connectivity index (χ1n) is 4.72. The summed E-state index contributed by atoms with van der Waals surface area (Å²) in [5.41, 5.74) is 4.26. The number of carbonyl (C=O) groups excluding carboxylic acids is 1. The van der Waals surface area contributed by atoms with Crippen LogP contribution in [0.2, 0.25) is 0 Å². The van der Waals surface area contributed by atoms with E-state index in [0.717, 1.165) is 12.1 Å². The van der Waals surface area contributed by atoms with E-state index in [4.69, 9.17) is 10.8 Å². The topological polar surface area (TPSA) is 115 Å². The Morgan fingerprint density at radius 2 is 1.94 bits per heavy atom. The van der Waals surface area contributed by atoms with Crippen LogP contribution < -0.4 is 5.73 Å². The highest BCUT2D eigenvalue weighted by Gasteiger charge is 2.17. The van der Waals surface area contributed by atoms with Gasteiger partial charge in [-0.2, -0.15) is 0 Å². The summed E-state index contributed by atoms with van der Waals surface area (Å²) >= 11 is 0. The number of halogens is 1. The van der Waals surface area contributed by atoms with Gasteiger partial charge in [-0.1, -0.05) is 6.07 Å². The van der Waals surface area contributed by atoms with Crippen LogP contribution in [0.25, 0.3) is 0 Å². The summed E-state index contributed by atoms with van der Waals surface area (Å²) in [5.74, 6) is -4.90. The molecule has 6 nitrogen and oxygen atoms in total. The van der Waals surface area contributed by atoms with Crippen molar-refractivity contribution in [3.63, 3.8) is 0 Å². The molecule has 0 atom stereocenters. The normalized spacial score (nSPS) is 11.2. The molecule has 0 heterocycles. The molecule has 0 aliphatic rings. The first kappa shape index (κ1) is 14.1. The van der Waals surface area contributed by atoms with Gasteiger partial charge in [0.25, 0.3) is 0 Å². The number of hydrogen-bond acceptors (Lipinski definition) is 4. The number of carbonyl (C=O) groups is 2. The lowest BCUT2D eigenvalue weighted by Crippen LogP contribution is -2.24. The van der Waals surface area contributed by atoms with Crippen molar-refractivity contribution >= 4 is 21.7 Å². The predicted octanol–water partition coefficient (Wildman–Crippen LogP) is -0.0760. The molecule has 3 N–H and O–H groups in total. The molecule has 8 heteroatoms. The largest absolute Gasteiger partial charge is 0.478 e. The number of aromatic carboxylic acids is 1. The van der Waals surface area contributed by atoms with Gasteiger partial charge in [0.15, 0.2) is 9.84 Å². The number of rotatable bonds is 5. The highest BCUT2D eigenvalue weighted by molar-refractivity contribution is 7.91. The lowest BCUT2D eigenvalue weighted by Gasteiger charge is -2.04. The summed E-state index contributed by atoms with van der Waals surface area (Å²) in [6.45, 7) is 0. The van der Waals surface area contributed by atoms with Crippen LogP contribution in [0.3, 0.4) is 0 Å². The van der Waals surface area contributed by atoms with Crippen LogP contribution in [0.1, 0.15) is 15.9 Å². The molecule has 0 aromatic heterocycles. The second kappa shape index (κ2) is 5.13. The second-order valence-electron chi connectivity index (χ2n) is 3.62. The number of carboxylic acids is 1. The summed E-state index contributed by atoms with van der Waals surface area (Å²) in [5, 5.41) is 8.59. The number of primary amides is 1. The molecular formula is C10H10FNO5S. The molecule has 0 bridgehead atoms. The van der Waals surface area contributed by atoms with E-state index >= 15 is 0 Å². The van der Waals surface area contributed by atoms with Gasteiger partial charge in [0.05, 0.1) is 11.3 Å². The summed E-state index contributed by atoms with van der Waals surface area (Å²) in [4.78, 5) is 21.1. The lowest BCUT2D eigenvalue weighted by molar-refractivity contribution is -0.115. The van der Waals surface area contributed by atoms with E-state index in [1.165, 1.54) is 6.07 Å². The first-order chi connectivity index (χ1) is 8.21. The zero-order valence-electron chi connectivity index (χ0n) is 9.09. The quantitative estimate of drug-likeness (QED) is 0.780. The highest BCUT2D eigenvalue weighted by atomic mass is 32.2. The van der Waals surface area contributed by atoms with Crippen molar-refractivity contribution in [2.45, 2.75) is 5.75 Å². The minimum Gasteiger partial charge on any atom is -0.478 e. The minimum absolute atomic E-state index is 0.0544. The number of nitrogens with two attached hydrogens (primary N) is 1. The fraction of sp³-hybridized carbons (Fsp3) is 0.200. The number of amides is 1. The molecule has 1 rings (SSSR count). The lowest BCUT2D eigenvalue weighted by atomic mass is 10.1. The molecule has 98 valence electrons. The van der Waals surface area contributed by atoms with Crippen molar-refractivity contribution in [2.75, 3.05) is 5.75 Å². The van der Waals surface area contributed by atoms with E-state index in [1.54, 1.807) is 0 Å². The Balaban J connectivity index is 2.97. The number of carboxylic acid groups (broad SMARTS) is 1. The van der Waals surface area contributed by atoms with Gasteiger partial charge in [0.1, 0.15) is 11.6 Å². The maximum atomic E-state index is 13.3. The zero-order valence-corrected chi connectivity index (χ0v) is 9.91. The van der Waals surface area contributed by atoms with Gasteiger partial charge >= 0.3 is 5.97 Å². The van der Waals surface area contributed by atoms with E-state index in [1.807, 2.05) is 0 Å². The minimum atomic E-state index is -3.77. The molecule has 1 aromatic carbocycles. The van der Waals surface area contributed by atoms with Gasteiger partial charge in [-0.15, -0.1) is 0 Å². The molecule has 0 aliphatic carbocycles. The molecule has 0 radical (unpaired) electrons. The van der Waals surface area contributed by atoms with E-state index < -0.39 is 44.6 Å². The van der Waals surface area contributed by atoms with Gasteiger partial charge < -0.3 is 10.8 Å². The maximum absolute atomic E-state index is 13.3. The number of hydrogen-bond donors (Lipinski definition) is 2. The Morgan fingerprint density at radius 3 is 2.39 bits per heavy atom. The summed E-state index contributed by atoms with van der Waals surface area (Å²) in [6.07, 6.45) is 0. The molecule has 0 saturated heterocycles. The first-order valence-corrected chi connectivity index (χ1v) is 6.54. The van der Waals surface area contributed by atoms with Crippen LogP contribution in [0, 0.1) is 5.82 Å². The second-order valence-corrected chi connectivity index (χ2v) is 5.68. The monoisotopic (exact) mass is 275 g/mol. The molecule has 0 spiro atoms. The smallest absolute Gasteiger partial charge is 0.338 e. The van der Waals surface area contributed by atoms with Gasteiger partial charge in [0, 0.05) is 0 Å². The molecule has 18 heavy (non-hydrogen) atoms. The molecule has 0 aliphatic heterocycles. The maximum Gasteiger partial charge on any atom is 0.338 e. The third-order valence-corrected chi connectivity index (χ3v) is 3.51. The molecule has 1 aromatic rings. The van der Waals surface area contributed by atoms with Gasteiger partial charge in [-0.25, -0.2) is 17.6 Å². The van der Waals surface area contributed by atoms with Crippen molar-refractivity contribution in [3.05, 3.63) is 35.1 Å². The fourth-order valence-electron chi connectivity index (χ4n) is 1.34. The molecule has 0 fully saturated rings. The van der Waals surface area contributed by atoms with E-state index in [-0.39, 0.29) is 5.56 Å². The van der Waals surface area contributed by atoms with Gasteiger partial charge in [0.2, 0.25) is 5.91 Å². The standard InChI is InChI=1S/C10H10FNO5S/c11-8-3-6(1-2-7(8)10(14)15)4-18(16,17)5-9(12)13/h1-3H,4-5H2,(H2,12,13)(H,14,15). The third-order valence-electron chi connectivity index (χ3n) is 2.01. The summed E-state index contributed by atoms with van der Waals surface area (Å²) in [6, 6.07) is 2.94. The van der Waals surface area contributed by atoms with E-state index in [0.29, 0.717) is 0 Å². The van der Waals surface area contributed by atoms with E-state index in [9.17, 15) is 22.4 Å². The highest BCUT2D eigenvalue weighted by Crippen LogP contribution is 2.13.